The summed E-state index contributed by atoms with van der Waals surface area (Å²) in [5, 5.41) is 3.30. The molecule has 0 amide bonds. The summed E-state index contributed by atoms with van der Waals surface area (Å²) in [5.41, 5.74) is 0.532. The zero-order valence-corrected chi connectivity index (χ0v) is 15.1. The predicted molar refractivity (Wildman–Crippen MR) is 89.7 cm³/mol. The molecule has 6 nitrogen and oxygen atoms in total. The van der Waals surface area contributed by atoms with Crippen LogP contribution in [0.3, 0.4) is 0 Å². The summed E-state index contributed by atoms with van der Waals surface area (Å²) >= 11 is 0. The van der Waals surface area contributed by atoms with E-state index in [9.17, 15) is 16.8 Å². The number of aryl methyl sites for hydroxylation is 1. The van der Waals surface area contributed by atoms with E-state index in [1.54, 1.807) is 6.92 Å². The zero-order chi connectivity index (χ0) is 17.1. The summed E-state index contributed by atoms with van der Waals surface area (Å²) in [7, 11) is -7.15. The van der Waals surface area contributed by atoms with E-state index in [2.05, 4.69) is 10.0 Å². The van der Waals surface area contributed by atoms with Crippen molar-refractivity contribution in [2.45, 2.75) is 36.0 Å². The van der Waals surface area contributed by atoms with Crippen LogP contribution in [0, 0.1) is 12.8 Å². The van der Waals surface area contributed by atoms with Crippen molar-refractivity contribution in [2.75, 3.05) is 25.9 Å². The molecule has 8 heteroatoms. The zero-order valence-electron chi connectivity index (χ0n) is 13.5. The first-order valence-electron chi connectivity index (χ1n) is 7.71. The molecule has 1 atom stereocenters. The van der Waals surface area contributed by atoms with Crippen molar-refractivity contribution in [2.24, 2.45) is 5.92 Å². The molecule has 0 saturated carbocycles. The van der Waals surface area contributed by atoms with E-state index in [0.717, 1.165) is 38.6 Å². The van der Waals surface area contributed by atoms with Crippen LogP contribution < -0.4 is 10.0 Å². The van der Waals surface area contributed by atoms with Crippen LogP contribution in [0.25, 0.3) is 0 Å². The predicted octanol–water partition coefficient (Wildman–Crippen LogP) is 1.07. The molecule has 1 aliphatic rings. The average molecular weight is 361 g/mol. The lowest BCUT2D eigenvalue weighted by Gasteiger charge is -2.22. The second-order valence-electron chi connectivity index (χ2n) is 6.10. The van der Waals surface area contributed by atoms with E-state index in [1.807, 2.05) is 0 Å². The van der Waals surface area contributed by atoms with Gasteiger partial charge in [-0.05, 0) is 62.9 Å². The van der Waals surface area contributed by atoms with Crippen LogP contribution in [0.1, 0.15) is 24.8 Å². The van der Waals surface area contributed by atoms with Crippen molar-refractivity contribution < 1.29 is 16.8 Å². The van der Waals surface area contributed by atoms with Gasteiger partial charge in [0, 0.05) is 12.8 Å². The maximum atomic E-state index is 12.5. The minimum absolute atomic E-state index is 0.0138. The molecule has 0 aliphatic carbocycles. The Morgan fingerprint density at radius 1 is 1.26 bits per heavy atom. The molecule has 0 aromatic heterocycles. The first-order chi connectivity index (χ1) is 10.7. The lowest BCUT2D eigenvalue weighted by atomic mass is 9.96. The van der Waals surface area contributed by atoms with E-state index in [1.165, 1.54) is 18.2 Å². The molecule has 1 saturated heterocycles. The lowest BCUT2D eigenvalue weighted by Crippen LogP contribution is -2.33. The number of hydrogen-bond donors (Lipinski definition) is 2. The van der Waals surface area contributed by atoms with Gasteiger partial charge in [-0.3, -0.25) is 0 Å². The molecule has 1 aromatic carbocycles. The number of sulfonamides is 1. The fraction of sp³-hybridized carbons (Fsp3) is 0.600. The number of benzene rings is 1. The highest BCUT2D eigenvalue weighted by Crippen LogP contribution is 2.20. The maximum Gasteiger partial charge on any atom is 0.240 e. The second-order valence-corrected chi connectivity index (χ2v) is 9.85. The summed E-state index contributed by atoms with van der Waals surface area (Å²) in [5.74, 6) is 0.481. The van der Waals surface area contributed by atoms with Gasteiger partial charge >= 0.3 is 0 Å². The number of rotatable bonds is 6. The van der Waals surface area contributed by atoms with Gasteiger partial charge in [0.1, 0.15) is 0 Å². The van der Waals surface area contributed by atoms with Gasteiger partial charge in [0.25, 0.3) is 0 Å². The van der Waals surface area contributed by atoms with E-state index >= 15 is 0 Å². The van der Waals surface area contributed by atoms with Crippen LogP contribution >= 0.6 is 0 Å². The number of hydrogen-bond acceptors (Lipinski definition) is 5. The Hall–Kier alpha value is -0.960. The van der Waals surface area contributed by atoms with Crippen molar-refractivity contribution in [1.82, 2.24) is 10.0 Å². The molecule has 1 aliphatic heterocycles. The standard InChI is InChI=1S/C15H24N2O4S2/c1-12-5-6-14(22(2,18)19)10-15(12)23(20,21)17-9-7-13-4-3-8-16-11-13/h5-6,10,13,16-17H,3-4,7-9,11H2,1-2H3/t13-/m1/s1. The van der Waals surface area contributed by atoms with E-state index in [0.29, 0.717) is 18.0 Å². The van der Waals surface area contributed by atoms with Crippen LogP contribution in [-0.4, -0.2) is 42.7 Å². The highest BCUT2D eigenvalue weighted by atomic mass is 32.2. The highest BCUT2D eigenvalue weighted by Gasteiger charge is 2.20. The molecule has 1 fully saturated rings. The Bertz CT molecular complexity index is 752. The van der Waals surface area contributed by atoms with E-state index < -0.39 is 19.9 Å². The summed E-state index contributed by atoms with van der Waals surface area (Å²) in [6.07, 6.45) is 4.07. The van der Waals surface area contributed by atoms with Gasteiger partial charge < -0.3 is 5.32 Å². The fourth-order valence-electron chi connectivity index (χ4n) is 2.75. The molecule has 1 aromatic rings. The third-order valence-electron chi connectivity index (χ3n) is 4.12. The second kappa shape index (κ2) is 7.29. The Labute approximate surface area is 138 Å². The molecular formula is C15H24N2O4S2. The van der Waals surface area contributed by atoms with Gasteiger partial charge in [-0.1, -0.05) is 6.07 Å². The van der Waals surface area contributed by atoms with Gasteiger partial charge in [0.05, 0.1) is 9.79 Å². The molecule has 0 bridgehead atoms. The summed E-state index contributed by atoms with van der Waals surface area (Å²) in [6.45, 7) is 3.97. The Kier molecular flexibility index (Phi) is 5.83. The monoisotopic (exact) mass is 360 g/mol. The molecule has 0 unspecified atom stereocenters. The summed E-state index contributed by atoms with van der Waals surface area (Å²) in [4.78, 5) is 0.0437. The largest absolute Gasteiger partial charge is 0.316 e. The molecule has 130 valence electrons. The first-order valence-corrected chi connectivity index (χ1v) is 11.1. The molecule has 0 spiro atoms. The highest BCUT2D eigenvalue weighted by molar-refractivity contribution is 7.91. The Balaban J connectivity index is 2.09. The molecule has 0 radical (unpaired) electrons. The Morgan fingerprint density at radius 2 is 2.00 bits per heavy atom. The minimum Gasteiger partial charge on any atom is -0.316 e. The fourth-order valence-corrected chi connectivity index (χ4v) is 4.78. The third kappa shape index (κ3) is 5.00. The molecule has 1 heterocycles. The van der Waals surface area contributed by atoms with Crippen molar-refractivity contribution in [3.8, 4) is 0 Å². The van der Waals surface area contributed by atoms with Crippen molar-refractivity contribution >= 4 is 19.9 Å². The van der Waals surface area contributed by atoms with Crippen LogP contribution in [-0.2, 0) is 19.9 Å². The van der Waals surface area contributed by atoms with Crippen LogP contribution in [0.5, 0.6) is 0 Å². The van der Waals surface area contributed by atoms with E-state index in [4.69, 9.17) is 0 Å². The maximum absolute atomic E-state index is 12.5. The summed E-state index contributed by atoms with van der Waals surface area (Å²) < 4.78 is 50.7. The van der Waals surface area contributed by atoms with Crippen LogP contribution in [0.15, 0.2) is 28.0 Å². The van der Waals surface area contributed by atoms with Crippen LogP contribution in [0.4, 0.5) is 0 Å². The van der Waals surface area contributed by atoms with Gasteiger partial charge in [0.2, 0.25) is 10.0 Å². The van der Waals surface area contributed by atoms with Gasteiger partial charge in [-0.2, -0.15) is 0 Å². The Morgan fingerprint density at radius 3 is 2.61 bits per heavy atom. The lowest BCUT2D eigenvalue weighted by molar-refractivity contribution is 0.358. The van der Waals surface area contributed by atoms with Gasteiger partial charge in [-0.25, -0.2) is 21.6 Å². The molecule has 2 N–H and O–H groups in total. The summed E-state index contributed by atoms with van der Waals surface area (Å²) in [6, 6.07) is 4.18. The smallest absolute Gasteiger partial charge is 0.240 e. The van der Waals surface area contributed by atoms with Crippen molar-refractivity contribution in [3.63, 3.8) is 0 Å². The minimum atomic E-state index is -3.71. The quantitative estimate of drug-likeness (QED) is 0.792. The number of nitrogens with one attached hydrogen (secondary N) is 2. The van der Waals surface area contributed by atoms with Crippen LogP contribution in [0.2, 0.25) is 0 Å². The van der Waals surface area contributed by atoms with Crippen molar-refractivity contribution in [1.29, 1.82) is 0 Å². The van der Waals surface area contributed by atoms with E-state index in [-0.39, 0.29) is 9.79 Å². The topological polar surface area (TPSA) is 92.3 Å². The normalized spacial score (nSPS) is 19.7. The third-order valence-corrected chi connectivity index (χ3v) is 6.83. The average Bonchev–Trinajstić information content (AvgIpc) is 2.47. The van der Waals surface area contributed by atoms with Crippen molar-refractivity contribution in [3.05, 3.63) is 23.8 Å². The molecule has 23 heavy (non-hydrogen) atoms. The first kappa shape index (κ1) is 18.4. The number of sulfone groups is 1. The SMILES string of the molecule is Cc1ccc(S(C)(=O)=O)cc1S(=O)(=O)NCC[C@H]1CCCNC1. The molecular weight excluding hydrogens is 336 g/mol. The molecule has 2 rings (SSSR count). The van der Waals surface area contributed by atoms with Gasteiger partial charge in [-0.15, -0.1) is 0 Å². The van der Waals surface area contributed by atoms with Gasteiger partial charge in [0.15, 0.2) is 9.84 Å². The number of piperidine rings is 1.